The summed E-state index contributed by atoms with van der Waals surface area (Å²) in [6.45, 7) is 5.78. The van der Waals surface area contributed by atoms with E-state index >= 15 is 0 Å². The Hall–Kier alpha value is -1.07. The van der Waals surface area contributed by atoms with Crippen LogP contribution in [0.15, 0.2) is 29.2 Å². The molecule has 1 atom stereocenters. The lowest BCUT2D eigenvalue weighted by Crippen LogP contribution is -2.29. The smallest absolute Gasteiger partial charge is 0.180 e. The largest absolute Gasteiger partial charge is 0.370 e. The number of rotatable bonds is 3. The highest BCUT2D eigenvalue weighted by molar-refractivity contribution is 7.91. The Morgan fingerprint density at radius 2 is 2.10 bits per heavy atom. The van der Waals surface area contributed by atoms with Crippen LogP contribution in [0.2, 0.25) is 0 Å². The van der Waals surface area contributed by atoms with Crippen LogP contribution in [0.3, 0.4) is 0 Å². The number of anilines is 1. The van der Waals surface area contributed by atoms with E-state index in [2.05, 4.69) is 10.2 Å². The van der Waals surface area contributed by atoms with E-state index in [4.69, 9.17) is 0 Å². The first-order valence-corrected chi connectivity index (χ1v) is 8.99. The van der Waals surface area contributed by atoms with Crippen molar-refractivity contribution >= 4 is 15.5 Å². The Balaban J connectivity index is 1.92. The molecule has 0 bridgehead atoms. The van der Waals surface area contributed by atoms with Crippen molar-refractivity contribution in [1.29, 1.82) is 0 Å². The molecule has 0 aliphatic carbocycles. The summed E-state index contributed by atoms with van der Waals surface area (Å²) in [4.78, 5) is 2.75. The molecule has 2 aliphatic rings. The summed E-state index contributed by atoms with van der Waals surface area (Å²) in [5, 5.41) is 3.44. The third-order valence-corrected chi connectivity index (χ3v) is 6.47. The number of hydrogen-bond acceptors (Lipinski definition) is 4. The van der Waals surface area contributed by atoms with Crippen molar-refractivity contribution in [3.63, 3.8) is 0 Å². The zero-order valence-electron chi connectivity index (χ0n) is 11.9. The molecule has 1 spiro atoms. The molecule has 1 aromatic rings. The van der Waals surface area contributed by atoms with E-state index in [1.54, 1.807) is 13.0 Å². The van der Waals surface area contributed by atoms with E-state index < -0.39 is 9.84 Å². The van der Waals surface area contributed by atoms with Crippen LogP contribution in [-0.4, -0.2) is 40.3 Å². The Bertz CT molecular complexity index is 592. The third kappa shape index (κ3) is 2.33. The second-order valence-electron chi connectivity index (χ2n) is 5.97. The molecule has 0 aromatic heterocycles. The molecule has 110 valence electrons. The fourth-order valence-corrected chi connectivity index (χ4v) is 4.53. The summed E-state index contributed by atoms with van der Waals surface area (Å²) < 4.78 is 24.5. The molecule has 0 radical (unpaired) electrons. The minimum absolute atomic E-state index is 0.157. The van der Waals surface area contributed by atoms with Gasteiger partial charge in [0.2, 0.25) is 0 Å². The fourth-order valence-electron chi connectivity index (χ4n) is 3.42. The van der Waals surface area contributed by atoms with Crippen LogP contribution in [-0.2, 0) is 9.84 Å². The van der Waals surface area contributed by atoms with Gasteiger partial charge in [-0.15, -0.1) is 0 Å². The van der Waals surface area contributed by atoms with E-state index in [9.17, 15) is 8.42 Å². The van der Waals surface area contributed by atoms with E-state index in [-0.39, 0.29) is 5.75 Å². The highest BCUT2D eigenvalue weighted by Crippen LogP contribution is 2.39. The number of hydrogen-bond donors (Lipinski definition) is 1. The predicted molar refractivity (Wildman–Crippen MR) is 80.9 cm³/mol. The molecule has 5 heteroatoms. The maximum atomic E-state index is 12.3. The van der Waals surface area contributed by atoms with Crippen molar-refractivity contribution in [3.8, 4) is 0 Å². The van der Waals surface area contributed by atoms with Gasteiger partial charge >= 0.3 is 0 Å². The average Bonchev–Trinajstić information content (AvgIpc) is 3.10. The SMILES string of the molecule is CCS(=O)(=O)c1ccccc1N1CCC2(CCNC2)C1. The van der Waals surface area contributed by atoms with Crippen molar-refractivity contribution in [2.45, 2.75) is 24.7 Å². The molecule has 0 amide bonds. The summed E-state index contributed by atoms with van der Waals surface area (Å²) in [5.41, 5.74) is 1.24. The first-order valence-electron chi connectivity index (χ1n) is 7.34. The summed E-state index contributed by atoms with van der Waals surface area (Å²) in [6, 6.07) is 7.44. The fraction of sp³-hybridized carbons (Fsp3) is 0.600. The first kappa shape index (κ1) is 13.9. The summed E-state index contributed by atoms with van der Waals surface area (Å²) in [6.07, 6.45) is 2.35. The second-order valence-corrected chi connectivity index (χ2v) is 8.22. The van der Waals surface area contributed by atoms with Gasteiger partial charge in [-0.1, -0.05) is 19.1 Å². The lowest BCUT2D eigenvalue weighted by molar-refractivity contribution is 0.369. The van der Waals surface area contributed by atoms with Crippen molar-refractivity contribution in [3.05, 3.63) is 24.3 Å². The molecule has 2 heterocycles. The topological polar surface area (TPSA) is 49.4 Å². The molecule has 2 aliphatic heterocycles. The number of benzene rings is 1. The second kappa shape index (κ2) is 5.04. The van der Waals surface area contributed by atoms with Gasteiger partial charge in [0.1, 0.15) is 0 Å². The Morgan fingerprint density at radius 1 is 1.30 bits per heavy atom. The maximum absolute atomic E-state index is 12.3. The van der Waals surface area contributed by atoms with Crippen LogP contribution in [0, 0.1) is 5.41 Å². The Kier molecular flexibility index (Phi) is 3.50. The molecule has 2 fully saturated rings. The van der Waals surface area contributed by atoms with Crippen molar-refractivity contribution in [1.82, 2.24) is 5.32 Å². The van der Waals surface area contributed by atoms with Gasteiger partial charge in [-0.05, 0) is 31.5 Å². The maximum Gasteiger partial charge on any atom is 0.180 e. The van der Waals surface area contributed by atoms with Crippen LogP contribution >= 0.6 is 0 Å². The minimum Gasteiger partial charge on any atom is -0.370 e. The van der Waals surface area contributed by atoms with Crippen molar-refractivity contribution in [2.24, 2.45) is 5.41 Å². The molecular formula is C15H22N2O2S. The van der Waals surface area contributed by atoms with Gasteiger partial charge < -0.3 is 10.2 Å². The standard InChI is InChI=1S/C15H22N2O2S/c1-2-20(18,19)14-6-4-3-5-13(14)17-10-8-15(12-17)7-9-16-11-15/h3-6,16H,2,7-12H2,1H3. The molecule has 4 nitrogen and oxygen atoms in total. The van der Waals surface area contributed by atoms with Gasteiger partial charge in [-0.2, -0.15) is 0 Å². The lowest BCUT2D eigenvalue weighted by atomic mass is 9.86. The van der Waals surface area contributed by atoms with E-state index in [0.29, 0.717) is 10.3 Å². The number of para-hydroxylation sites is 1. The van der Waals surface area contributed by atoms with E-state index in [1.807, 2.05) is 18.2 Å². The quantitative estimate of drug-likeness (QED) is 0.921. The zero-order chi connectivity index (χ0) is 14.2. The van der Waals surface area contributed by atoms with Crippen LogP contribution < -0.4 is 10.2 Å². The van der Waals surface area contributed by atoms with Gasteiger partial charge in [-0.25, -0.2) is 8.42 Å². The van der Waals surface area contributed by atoms with E-state index in [1.165, 1.54) is 6.42 Å². The van der Waals surface area contributed by atoms with E-state index in [0.717, 1.165) is 38.3 Å². The van der Waals surface area contributed by atoms with Crippen LogP contribution in [0.5, 0.6) is 0 Å². The molecule has 1 aromatic carbocycles. The summed E-state index contributed by atoms with van der Waals surface area (Å²) in [7, 11) is -3.16. The summed E-state index contributed by atoms with van der Waals surface area (Å²) >= 11 is 0. The third-order valence-electron chi connectivity index (χ3n) is 4.69. The monoisotopic (exact) mass is 294 g/mol. The molecule has 0 saturated carbocycles. The zero-order valence-corrected chi connectivity index (χ0v) is 12.7. The molecule has 1 N–H and O–H groups in total. The normalized spacial score (nSPS) is 26.6. The molecule has 20 heavy (non-hydrogen) atoms. The molecule has 2 saturated heterocycles. The first-order chi connectivity index (χ1) is 9.56. The van der Waals surface area contributed by atoms with Crippen molar-refractivity contribution < 1.29 is 8.42 Å². The van der Waals surface area contributed by atoms with Crippen LogP contribution in [0.25, 0.3) is 0 Å². The Labute approximate surface area is 121 Å². The minimum atomic E-state index is -3.16. The highest BCUT2D eigenvalue weighted by atomic mass is 32.2. The predicted octanol–water partition coefficient (Wildman–Crippen LogP) is 1.67. The number of nitrogens with zero attached hydrogens (tertiary/aromatic N) is 1. The van der Waals surface area contributed by atoms with Crippen LogP contribution in [0.1, 0.15) is 19.8 Å². The molecule has 1 unspecified atom stereocenters. The van der Waals surface area contributed by atoms with Crippen LogP contribution in [0.4, 0.5) is 5.69 Å². The lowest BCUT2D eigenvalue weighted by Gasteiger charge is -2.25. The number of nitrogens with one attached hydrogen (secondary N) is 1. The Morgan fingerprint density at radius 3 is 2.80 bits per heavy atom. The van der Waals surface area contributed by atoms with Gasteiger partial charge in [0.25, 0.3) is 0 Å². The highest BCUT2D eigenvalue weighted by Gasteiger charge is 2.41. The molecule has 3 rings (SSSR count). The van der Waals surface area contributed by atoms with Gasteiger partial charge in [0.05, 0.1) is 16.3 Å². The van der Waals surface area contributed by atoms with Gasteiger partial charge in [-0.3, -0.25) is 0 Å². The summed E-state index contributed by atoms with van der Waals surface area (Å²) in [5.74, 6) is 0.157. The average molecular weight is 294 g/mol. The number of sulfone groups is 1. The van der Waals surface area contributed by atoms with Gasteiger partial charge in [0.15, 0.2) is 9.84 Å². The van der Waals surface area contributed by atoms with Crippen molar-refractivity contribution in [2.75, 3.05) is 36.8 Å². The van der Waals surface area contributed by atoms with Gasteiger partial charge in [0, 0.05) is 25.0 Å². The molecular weight excluding hydrogens is 272 g/mol.